The van der Waals surface area contributed by atoms with Crippen LogP contribution in [0.5, 0.6) is 0 Å². The molecule has 1 aliphatic rings. The molecule has 1 aromatic carbocycles. The van der Waals surface area contributed by atoms with Crippen molar-refractivity contribution in [3.63, 3.8) is 0 Å². The van der Waals surface area contributed by atoms with E-state index >= 15 is 0 Å². The summed E-state index contributed by atoms with van der Waals surface area (Å²) in [5, 5.41) is 11.2. The van der Waals surface area contributed by atoms with Crippen molar-refractivity contribution in [1.82, 2.24) is 0 Å². The second kappa shape index (κ2) is 8.01. The largest absolute Gasteiger partial charge is 0.464 e. The van der Waals surface area contributed by atoms with Gasteiger partial charge < -0.3 is 14.2 Å². The first-order valence-electron chi connectivity index (χ1n) is 8.12. The number of hydrogen-bond donors (Lipinski definition) is 0. The van der Waals surface area contributed by atoms with Gasteiger partial charge in [0.25, 0.3) is 5.69 Å². The van der Waals surface area contributed by atoms with Crippen molar-refractivity contribution in [2.45, 2.75) is 45.0 Å². The van der Waals surface area contributed by atoms with E-state index in [4.69, 9.17) is 25.8 Å². The zero-order valence-corrected chi connectivity index (χ0v) is 15.6. The Kier molecular flexibility index (Phi) is 6.17. The minimum absolute atomic E-state index is 0.0590. The monoisotopic (exact) mass is 399 g/mol. The molecule has 1 heterocycles. The van der Waals surface area contributed by atoms with Crippen LogP contribution < -0.4 is 0 Å². The van der Waals surface area contributed by atoms with Crippen molar-refractivity contribution in [3.8, 4) is 0 Å². The van der Waals surface area contributed by atoms with Gasteiger partial charge in [0.05, 0.1) is 11.5 Å². The van der Waals surface area contributed by atoms with Crippen molar-refractivity contribution in [2.75, 3.05) is 6.61 Å². The molecular weight excluding hydrogens is 382 g/mol. The van der Waals surface area contributed by atoms with E-state index in [0.717, 1.165) is 12.1 Å². The SMILES string of the molecule is CCOC(=O)C1(C)OC(C)C(=O)CC1OC(=O)c1ccc(Cl)cc1[N+](=O)[O-]. The van der Waals surface area contributed by atoms with Gasteiger partial charge in [0, 0.05) is 17.5 Å². The first-order valence-corrected chi connectivity index (χ1v) is 8.50. The van der Waals surface area contributed by atoms with Gasteiger partial charge in [0.1, 0.15) is 17.8 Å². The number of carbonyl (C=O) groups is 3. The zero-order chi connectivity index (χ0) is 20.4. The molecule has 0 amide bonds. The highest BCUT2D eigenvalue weighted by atomic mass is 35.5. The summed E-state index contributed by atoms with van der Waals surface area (Å²) < 4.78 is 15.7. The molecular formula is C17H18ClNO8. The van der Waals surface area contributed by atoms with Gasteiger partial charge in [0.2, 0.25) is 0 Å². The molecule has 1 fully saturated rings. The highest BCUT2D eigenvalue weighted by molar-refractivity contribution is 6.31. The molecule has 9 nitrogen and oxygen atoms in total. The van der Waals surface area contributed by atoms with Crippen LogP contribution in [0, 0.1) is 10.1 Å². The molecule has 27 heavy (non-hydrogen) atoms. The van der Waals surface area contributed by atoms with Crippen molar-refractivity contribution < 1.29 is 33.5 Å². The highest BCUT2D eigenvalue weighted by Gasteiger charge is 2.53. The Morgan fingerprint density at radius 3 is 2.70 bits per heavy atom. The summed E-state index contributed by atoms with van der Waals surface area (Å²) in [5.74, 6) is -2.25. The molecule has 3 atom stereocenters. The van der Waals surface area contributed by atoms with E-state index in [1.807, 2.05) is 0 Å². The summed E-state index contributed by atoms with van der Waals surface area (Å²) in [6.07, 6.45) is -2.48. The lowest BCUT2D eigenvalue weighted by Gasteiger charge is -2.40. The lowest BCUT2D eigenvalue weighted by atomic mass is 9.89. The number of halogens is 1. The van der Waals surface area contributed by atoms with E-state index in [1.54, 1.807) is 6.92 Å². The Hall–Kier alpha value is -2.52. The summed E-state index contributed by atoms with van der Waals surface area (Å²) in [6.45, 7) is 4.48. The third kappa shape index (κ3) is 4.25. The van der Waals surface area contributed by atoms with E-state index < -0.39 is 40.4 Å². The van der Waals surface area contributed by atoms with Crippen LogP contribution in [0.4, 0.5) is 5.69 Å². The number of nitro benzene ring substituents is 1. The third-order valence-electron chi connectivity index (χ3n) is 4.18. The van der Waals surface area contributed by atoms with Crippen LogP contribution in [0.1, 0.15) is 37.6 Å². The Bertz CT molecular complexity index is 795. The minimum atomic E-state index is -1.72. The summed E-state index contributed by atoms with van der Waals surface area (Å²) in [6, 6.07) is 3.44. The number of nitrogens with zero attached hydrogens (tertiary/aromatic N) is 1. The van der Waals surface area contributed by atoms with Crippen molar-refractivity contribution in [2.24, 2.45) is 0 Å². The van der Waals surface area contributed by atoms with Crippen LogP contribution in [0.3, 0.4) is 0 Å². The normalized spacial score (nSPS) is 25.0. The van der Waals surface area contributed by atoms with Gasteiger partial charge in [-0.25, -0.2) is 9.59 Å². The van der Waals surface area contributed by atoms with Crippen LogP contribution in [0.25, 0.3) is 0 Å². The van der Waals surface area contributed by atoms with Gasteiger partial charge >= 0.3 is 11.9 Å². The number of esters is 2. The maximum atomic E-state index is 12.5. The summed E-state index contributed by atoms with van der Waals surface area (Å²) in [7, 11) is 0. The van der Waals surface area contributed by atoms with Crippen LogP contribution in [-0.2, 0) is 23.8 Å². The third-order valence-corrected chi connectivity index (χ3v) is 4.42. The second-order valence-electron chi connectivity index (χ2n) is 6.07. The van der Waals surface area contributed by atoms with E-state index in [1.165, 1.54) is 19.9 Å². The fraction of sp³-hybridized carbons (Fsp3) is 0.471. The smallest absolute Gasteiger partial charge is 0.345 e. The number of rotatable bonds is 5. The van der Waals surface area contributed by atoms with Gasteiger partial charge in [0.15, 0.2) is 11.4 Å². The molecule has 10 heteroatoms. The Balaban J connectivity index is 2.35. The Labute approximate surface area is 159 Å². The lowest BCUT2D eigenvalue weighted by Crippen LogP contribution is -2.59. The van der Waals surface area contributed by atoms with Gasteiger partial charge in [-0.15, -0.1) is 0 Å². The number of benzene rings is 1. The van der Waals surface area contributed by atoms with Gasteiger partial charge in [-0.1, -0.05) is 11.6 Å². The van der Waals surface area contributed by atoms with Crippen LogP contribution in [0.2, 0.25) is 5.02 Å². The number of ketones is 1. The summed E-state index contributed by atoms with van der Waals surface area (Å²) in [5.41, 5.74) is -2.64. The first kappa shape index (κ1) is 20.8. The van der Waals surface area contributed by atoms with E-state index in [2.05, 4.69) is 0 Å². The number of Topliss-reactive ketones (excluding diaryl/α,β-unsaturated/α-hetero) is 1. The number of carbonyl (C=O) groups excluding carboxylic acids is 3. The zero-order valence-electron chi connectivity index (χ0n) is 14.9. The molecule has 0 spiro atoms. The molecule has 3 unspecified atom stereocenters. The molecule has 0 N–H and O–H groups in total. The number of hydrogen-bond acceptors (Lipinski definition) is 8. The summed E-state index contributed by atoms with van der Waals surface area (Å²) in [4.78, 5) is 47.3. The predicted molar refractivity (Wildman–Crippen MR) is 92.5 cm³/mol. The van der Waals surface area contributed by atoms with Crippen LogP contribution in [-0.4, -0.2) is 47.1 Å². The van der Waals surface area contributed by atoms with E-state index in [9.17, 15) is 24.5 Å². The second-order valence-corrected chi connectivity index (χ2v) is 6.51. The van der Waals surface area contributed by atoms with Gasteiger partial charge in [-0.3, -0.25) is 14.9 Å². The molecule has 0 aliphatic carbocycles. The Morgan fingerprint density at radius 2 is 2.11 bits per heavy atom. The maximum Gasteiger partial charge on any atom is 0.345 e. The fourth-order valence-corrected chi connectivity index (χ4v) is 2.85. The molecule has 0 aromatic heterocycles. The molecule has 1 aliphatic heterocycles. The quantitative estimate of drug-likeness (QED) is 0.420. The van der Waals surface area contributed by atoms with Gasteiger partial charge in [-0.2, -0.15) is 0 Å². The molecule has 0 bridgehead atoms. The molecule has 1 saturated heterocycles. The first-order chi connectivity index (χ1) is 12.6. The van der Waals surface area contributed by atoms with Gasteiger partial charge in [-0.05, 0) is 32.9 Å². The number of ether oxygens (including phenoxy) is 3. The van der Waals surface area contributed by atoms with Crippen molar-refractivity contribution in [3.05, 3.63) is 38.9 Å². The highest BCUT2D eigenvalue weighted by Crippen LogP contribution is 2.33. The van der Waals surface area contributed by atoms with Crippen LogP contribution in [0.15, 0.2) is 18.2 Å². The number of nitro groups is 1. The molecule has 146 valence electrons. The van der Waals surface area contributed by atoms with Crippen LogP contribution >= 0.6 is 11.6 Å². The van der Waals surface area contributed by atoms with E-state index in [-0.39, 0.29) is 29.4 Å². The molecule has 1 aromatic rings. The lowest BCUT2D eigenvalue weighted by molar-refractivity contribution is -0.385. The topological polar surface area (TPSA) is 122 Å². The maximum absolute atomic E-state index is 12.5. The Morgan fingerprint density at radius 1 is 1.44 bits per heavy atom. The fourth-order valence-electron chi connectivity index (χ4n) is 2.68. The average Bonchev–Trinajstić information content (AvgIpc) is 2.59. The molecule has 0 saturated carbocycles. The minimum Gasteiger partial charge on any atom is -0.464 e. The predicted octanol–water partition coefficient (Wildman–Crippen LogP) is 2.47. The average molecular weight is 400 g/mol. The molecule has 0 radical (unpaired) electrons. The molecule has 2 rings (SSSR count). The van der Waals surface area contributed by atoms with E-state index in [0.29, 0.717) is 0 Å². The van der Waals surface area contributed by atoms with Crippen molar-refractivity contribution >= 4 is 35.0 Å². The summed E-state index contributed by atoms with van der Waals surface area (Å²) >= 11 is 5.73. The standard InChI is InChI=1S/C17H18ClNO8/c1-4-25-16(22)17(3)14(8-13(20)9(2)27-17)26-15(21)11-6-5-10(18)7-12(11)19(23)24/h5-7,9,14H,4,8H2,1-3H3. The van der Waals surface area contributed by atoms with Crippen molar-refractivity contribution in [1.29, 1.82) is 0 Å².